The van der Waals surface area contributed by atoms with E-state index in [1.54, 1.807) is 0 Å². The molecule has 0 aliphatic rings. The lowest BCUT2D eigenvalue weighted by atomic mass is 10.0. The summed E-state index contributed by atoms with van der Waals surface area (Å²) in [6.45, 7) is 10.8. The van der Waals surface area contributed by atoms with Gasteiger partial charge in [0.25, 0.3) is 0 Å². The first-order valence-corrected chi connectivity index (χ1v) is 6.52. The van der Waals surface area contributed by atoms with Crippen molar-refractivity contribution in [1.29, 1.82) is 0 Å². The van der Waals surface area contributed by atoms with Crippen LogP contribution in [-0.4, -0.2) is 11.7 Å². The molecule has 0 spiro atoms. The highest BCUT2D eigenvalue weighted by Gasteiger charge is 1.95. The molecule has 0 aromatic heterocycles. The van der Waals surface area contributed by atoms with E-state index in [4.69, 9.17) is 5.11 Å². The first kappa shape index (κ1) is 16.2. The molecule has 0 saturated heterocycles. The topological polar surface area (TPSA) is 20.2 Å². The Labute approximate surface area is 107 Å². The molecule has 1 N–H and O–H groups in total. The molecular formula is C16H28O. The highest BCUT2D eigenvalue weighted by molar-refractivity contribution is 5.11. The highest BCUT2D eigenvalue weighted by atomic mass is 16.3. The number of hydrogen-bond donors (Lipinski definition) is 1. The first-order chi connectivity index (χ1) is 7.97. The predicted molar refractivity (Wildman–Crippen MR) is 77.1 cm³/mol. The van der Waals surface area contributed by atoms with Gasteiger partial charge < -0.3 is 5.11 Å². The summed E-state index contributed by atoms with van der Waals surface area (Å²) in [6, 6.07) is 0. The molecule has 0 aromatic carbocycles. The molecule has 98 valence electrons. The number of allylic oxidation sites excluding steroid dienone is 5. The molecule has 0 aliphatic heterocycles. The van der Waals surface area contributed by atoms with Crippen LogP contribution in [0.1, 0.15) is 60.3 Å². The van der Waals surface area contributed by atoms with Crippen molar-refractivity contribution < 1.29 is 5.11 Å². The zero-order chi connectivity index (χ0) is 13.3. The predicted octanol–water partition coefficient (Wildman–Crippen LogP) is 4.79. The van der Waals surface area contributed by atoms with Crippen LogP contribution in [0.3, 0.4) is 0 Å². The van der Waals surface area contributed by atoms with Gasteiger partial charge in [0.15, 0.2) is 0 Å². The second-order valence-corrected chi connectivity index (χ2v) is 5.13. The molecule has 1 heteroatoms. The van der Waals surface area contributed by atoms with E-state index in [0.29, 0.717) is 0 Å². The van der Waals surface area contributed by atoms with Gasteiger partial charge in [0.2, 0.25) is 0 Å². The summed E-state index contributed by atoms with van der Waals surface area (Å²) in [7, 11) is 0. The highest BCUT2D eigenvalue weighted by Crippen LogP contribution is 2.13. The minimum Gasteiger partial charge on any atom is -0.392 e. The van der Waals surface area contributed by atoms with E-state index in [2.05, 4.69) is 39.8 Å². The van der Waals surface area contributed by atoms with Gasteiger partial charge >= 0.3 is 0 Å². The SMILES string of the molecule is CC(C)=CCC/C(C)=C/CC/C(C)=C(\C)CO. The van der Waals surface area contributed by atoms with Crippen molar-refractivity contribution in [2.75, 3.05) is 6.61 Å². The van der Waals surface area contributed by atoms with E-state index >= 15 is 0 Å². The summed E-state index contributed by atoms with van der Waals surface area (Å²) in [5.74, 6) is 0. The minimum atomic E-state index is 0.190. The Kier molecular flexibility index (Phi) is 8.79. The molecule has 0 heterocycles. The molecule has 0 fully saturated rings. The Morgan fingerprint density at radius 3 is 1.94 bits per heavy atom. The van der Waals surface area contributed by atoms with E-state index in [0.717, 1.165) is 31.3 Å². The van der Waals surface area contributed by atoms with Crippen molar-refractivity contribution in [3.8, 4) is 0 Å². The Morgan fingerprint density at radius 2 is 1.41 bits per heavy atom. The van der Waals surface area contributed by atoms with Crippen LogP contribution in [0.5, 0.6) is 0 Å². The zero-order valence-electron chi connectivity index (χ0n) is 12.1. The molecular weight excluding hydrogens is 208 g/mol. The van der Waals surface area contributed by atoms with Gasteiger partial charge in [-0.25, -0.2) is 0 Å². The average molecular weight is 236 g/mol. The summed E-state index contributed by atoms with van der Waals surface area (Å²) in [6.07, 6.45) is 9.07. The van der Waals surface area contributed by atoms with Crippen LogP contribution < -0.4 is 0 Å². The molecule has 17 heavy (non-hydrogen) atoms. The van der Waals surface area contributed by atoms with Gasteiger partial charge in [-0.15, -0.1) is 0 Å². The molecule has 0 bridgehead atoms. The Hall–Kier alpha value is -0.820. The smallest absolute Gasteiger partial charge is 0.0641 e. The van der Waals surface area contributed by atoms with Gasteiger partial charge in [0.1, 0.15) is 0 Å². The summed E-state index contributed by atoms with van der Waals surface area (Å²) in [5, 5.41) is 9.00. The van der Waals surface area contributed by atoms with Gasteiger partial charge in [-0.05, 0) is 65.9 Å². The van der Waals surface area contributed by atoms with Crippen molar-refractivity contribution in [3.05, 3.63) is 34.4 Å². The fraction of sp³-hybridized carbons (Fsp3) is 0.625. The van der Waals surface area contributed by atoms with E-state index in [-0.39, 0.29) is 6.61 Å². The molecule has 0 aromatic rings. The zero-order valence-corrected chi connectivity index (χ0v) is 12.1. The monoisotopic (exact) mass is 236 g/mol. The summed E-state index contributed by atoms with van der Waals surface area (Å²) in [4.78, 5) is 0. The first-order valence-electron chi connectivity index (χ1n) is 6.52. The van der Waals surface area contributed by atoms with Crippen LogP contribution in [0, 0.1) is 0 Å². The molecule has 0 amide bonds. The summed E-state index contributed by atoms with van der Waals surface area (Å²) < 4.78 is 0. The van der Waals surface area contributed by atoms with Crippen LogP contribution in [0.25, 0.3) is 0 Å². The van der Waals surface area contributed by atoms with Gasteiger partial charge in [0.05, 0.1) is 6.61 Å². The van der Waals surface area contributed by atoms with Crippen LogP contribution in [-0.2, 0) is 0 Å². The lowest BCUT2D eigenvalue weighted by Gasteiger charge is -2.04. The Bertz CT molecular complexity index is 301. The third-order valence-electron chi connectivity index (χ3n) is 3.07. The van der Waals surface area contributed by atoms with E-state index < -0.39 is 0 Å². The van der Waals surface area contributed by atoms with Gasteiger partial charge in [-0.1, -0.05) is 28.9 Å². The molecule has 0 radical (unpaired) electrons. The van der Waals surface area contributed by atoms with Crippen molar-refractivity contribution in [1.82, 2.24) is 0 Å². The summed E-state index contributed by atoms with van der Waals surface area (Å²) in [5.41, 5.74) is 5.30. The normalized spacial score (nSPS) is 13.4. The van der Waals surface area contributed by atoms with Crippen molar-refractivity contribution in [2.45, 2.75) is 60.3 Å². The fourth-order valence-electron chi connectivity index (χ4n) is 1.57. The number of rotatable bonds is 7. The maximum absolute atomic E-state index is 9.00. The van der Waals surface area contributed by atoms with Crippen molar-refractivity contribution >= 4 is 0 Å². The molecule has 1 nitrogen and oxygen atoms in total. The average Bonchev–Trinajstić information content (AvgIpc) is 2.27. The molecule has 0 rings (SSSR count). The maximum Gasteiger partial charge on any atom is 0.0641 e. The van der Waals surface area contributed by atoms with Gasteiger partial charge in [-0.3, -0.25) is 0 Å². The van der Waals surface area contributed by atoms with E-state index in [9.17, 15) is 0 Å². The van der Waals surface area contributed by atoms with Crippen LogP contribution in [0.2, 0.25) is 0 Å². The van der Waals surface area contributed by atoms with Gasteiger partial charge in [0, 0.05) is 0 Å². The quantitative estimate of drug-likeness (QED) is 0.630. The van der Waals surface area contributed by atoms with Gasteiger partial charge in [-0.2, -0.15) is 0 Å². The van der Waals surface area contributed by atoms with Crippen molar-refractivity contribution in [3.63, 3.8) is 0 Å². The van der Waals surface area contributed by atoms with Crippen LogP contribution >= 0.6 is 0 Å². The Balaban J connectivity index is 3.96. The van der Waals surface area contributed by atoms with Crippen LogP contribution in [0.15, 0.2) is 34.4 Å². The second kappa shape index (κ2) is 9.23. The lowest BCUT2D eigenvalue weighted by Crippen LogP contribution is -1.90. The molecule has 0 aliphatic carbocycles. The number of aliphatic hydroxyl groups is 1. The van der Waals surface area contributed by atoms with Crippen molar-refractivity contribution in [2.24, 2.45) is 0 Å². The van der Waals surface area contributed by atoms with E-state index in [1.165, 1.54) is 16.7 Å². The molecule has 0 atom stereocenters. The second-order valence-electron chi connectivity index (χ2n) is 5.13. The maximum atomic E-state index is 9.00. The Morgan fingerprint density at radius 1 is 0.824 bits per heavy atom. The number of hydrogen-bond acceptors (Lipinski definition) is 1. The number of aliphatic hydroxyl groups excluding tert-OH is 1. The third kappa shape index (κ3) is 8.93. The fourth-order valence-corrected chi connectivity index (χ4v) is 1.57. The van der Waals surface area contributed by atoms with Crippen LogP contribution in [0.4, 0.5) is 0 Å². The standard InChI is InChI=1S/C16H28O/c1-13(2)8-6-9-14(3)10-7-11-15(4)16(5)12-17/h8,10,17H,6-7,9,11-12H2,1-5H3/b14-10+,16-15+. The largest absolute Gasteiger partial charge is 0.392 e. The molecule has 0 saturated carbocycles. The van der Waals surface area contributed by atoms with E-state index in [1.807, 2.05) is 6.92 Å². The minimum absolute atomic E-state index is 0.190. The lowest BCUT2D eigenvalue weighted by molar-refractivity contribution is 0.329. The molecule has 0 unspecified atom stereocenters. The third-order valence-corrected chi connectivity index (χ3v) is 3.07. The summed E-state index contributed by atoms with van der Waals surface area (Å²) >= 11 is 0.